The van der Waals surface area contributed by atoms with Crippen LogP contribution < -0.4 is 4.74 Å². The Hall–Kier alpha value is -2.37. The number of fused-ring (bicyclic) bond motifs is 1. The molecule has 128 valence electrons. The van der Waals surface area contributed by atoms with Gasteiger partial charge in [-0.15, -0.1) is 0 Å². The minimum atomic E-state index is -0.375. The summed E-state index contributed by atoms with van der Waals surface area (Å²) in [5.74, 6) is 0.0119. The number of para-hydroxylation sites is 1. The van der Waals surface area contributed by atoms with Gasteiger partial charge < -0.3 is 9.64 Å². The van der Waals surface area contributed by atoms with Gasteiger partial charge in [-0.25, -0.2) is 4.39 Å². The fourth-order valence-corrected chi connectivity index (χ4v) is 3.37. The van der Waals surface area contributed by atoms with Gasteiger partial charge in [-0.1, -0.05) is 19.1 Å². The second-order valence-corrected chi connectivity index (χ2v) is 6.34. The standard InChI is InChI=1S/C18H22FN3O2/c1-11(17-12(2)20-21-13(17)3)9-16(23)22-7-8-24-18-14(10-22)5-4-6-15(18)19/h4-6,11H,7-10H2,1-3H3,(H,20,21). The Morgan fingerprint density at radius 3 is 2.96 bits per heavy atom. The van der Waals surface area contributed by atoms with Crippen LogP contribution in [0.3, 0.4) is 0 Å². The van der Waals surface area contributed by atoms with Crippen molar-refractivity contribution in [3.8, 4) is 5.75 Å². The molecule has 1 aromatic heterocycles. The summed E-state index contributed by atoms with van der Waals surface area (Å²) in [5.41, 5.74) is 3.74. The van der Waals surface area contributed by atoms with Gasteiger partial charge in [0.05, 0.1) is 12.2 Å². The molecule has 6 heteroatoms. The van der Waals surface area contributed by atoms with Gasteiger partial charge in [0.15, 0.2) is 11.6 Å². The summed E-state index contributed by atoms with van der Waals surface area (Å²) < 4.78 is 19.3. The maximum Gasteiger partial charge on any atom is 0.223 e. The first-order valence-electron chi connectivity index (χ1n) is 8.16. The average Bonchev–Trinajstić information content (AvgIpc) is 2.74. The third-order valence-electron chi connectivity index (χ3n) is 4.53. The van der Waals surface area contributed by atoms with Crippen LogP contribution in [0.1, 0.15) is 41.8 Å². The number of hydrogen-bond donors (Lipinski definition) is 1. The number of halogens is 1. The van der Waals surface area contributed by atoms with Crippen molar-refractivity contribution in [2.24, 2.45) is 0 Å². The molecule has 1 atom stereocenters. The largest absolute Gasteiger partial charge is 0.488 e. The van der Waals surface area contributed by atoms with Gasteiger partial charge in [-0.3, -0.25) is 9.89 Å². The molecule has 0 radical (unpaired) electrons. The van der Waals surface area contributed by atoms with E-state index in [-0.39, 0.29) is 23.4 Å². The summed E-state index contributed by atoms with van der Waals surface area (Å²) in [6.07, 6.45) is 0.395. The number of benzene rings is 1. The van der Waals surface area contributed by atoms with Gasteiger partial charge >= 0.3 is 0 Å². The lowest BCUT2D eigenvalue weighted by Crippen LogP contribution is -2.33. The highest BCUT2D eigenvalue weighted by atomic mass is 19.1. The van der Waals surface area contributed by atoms with Crippen LogP contribution >= 0.6 is 0 Å². The predicted molar refractivity (Wildman–Crippen MR) is 88.4 cm³/mol. The zero-order valence-corrected chi connectivity index (χ0v) is 14.2. The molecule has 1 aliphatic rings. The zero-order valence-electron chi connectivity index (χ0n) is 14.2. The molecule has 24 heavy (non-hydrogen) atoms. The molecule has 1 aromatic carbocycles. The molecule has 0 saturated carbocycles. The Bertz CT molecular complexity index is 737. The molecule has 1 unspecified atom stereocenters. The predicted octanol–water partition coefficient (Wildman–Crippen LogP) is 3.08. The Morgan fingerprint density at radius 1 is 1.46 bits per heavy atom. The van der Waals surface area contributed by atoms with Crippen molar-refractivity contribution in [3.63, 3.8) is 0 Å². The number of amides is 1. The monoisotopic (exact) mass is 331 g/mol. The number of H-pyrrole nitrogens is 1. The number of carbonyl (C=O) groups excluding carboxylic acids is 1. The summed E-state index contributed by atoms with van der Waals surface area (Å²) in [5, 5.41) is 7.16. The molecule has 2 heterocycles. The summed E-state index contributed by atoms with van der Waals surface area (Å²) in [4.78, 5) is 14.5. The molecular formula is C18H22FN3O2. The van der Waals surface area contributed by atoms with Crippen LogP contribution in [0.2, 0.25) is 0 Å². The van der Waals surface area contributed by atoms with Crippen LogP contribution in [0.15, 0.2) is 18.2 Å². The molecule has 1 amide bonds. The van der Waals surface area contributed by atoms with Gasteiger partial charge in [0.25, 0.3) is 0 Å². The maximum absolute atomic E-state index is 13.8. The smallest absolute Gasteiger partial charge is 0.223 e. The van der Waals surface area contributed by atoms with Gasteiger partial charge in [-0.2, -0.15) is 5.10 Å². The van der Waals surface area contributed by atoms with Gasteiger partial charge in [0.2, 0.25) is 5.91 Å². The summed E-state index contributed by atoms with van der Waals surface area (Å²) >= 11 is 0. The van der Waals surface area contributed by atoms with Crippen LogP contribution in [-0.4, -0.2) is 34.2 Å². The first kappa shape index (κ1) is 16.5. The molecule has 1 N–H and O–H groups in total. The molecule has 0 bridgehead atoms. The van der Waals surface area contributed by atoms with E-state index in [1.807, 2.05) is 20.8 Å². The number of aromatic amines is 1. The first-order valence-corrected chi connectivity index (χ1v) is 8.16. The Labute approximate surface area is 140 Å². The number of aryl methyl sites for hydroxylation is 2. The van der Waals surface area contributed by atoms with E-state index in [1.165, 1.54) is 6.07 Å². The van der Waals surface area contributed by atoms with Crippen molar-refractivity contribution < 1.29 is 13.9 Å². The van der Waals surface area contributed by atoms with E-state index in [9.17, 15) is 9.18 Å². The van der Waals surface area contributed by atoms with Gasteiger partial charge in [-0.05, 0) is 31.4 Å². The quantitative estimate of drug-likeness (QED) is 0.940. The highest BCUT2D eigenvalue weighted by Gasteiger charge is 2.24. The minimum Gasteiger partial charge on any atom is -0.488 e. The van der Waals surface area contributed by atoms with Crippen LogP contribution in [0, 0.1) is 19.7 Å². The number of nitrogens with one attached hydrogen (secondary N) is 1. The van der Waals surface area contributed by atoms with Crippen molar-refractivity contribution in [1.29, 1.82) is 0 Å². The number of carbonyl (C=O) groups is 1. The minimum absolute atomic E-state index is 0.0446. The molecule has 0 aliphatic carbocycles. The fourth-order valence-electron chi connectivity index (χ4n) is 3.37. The van der Waals surface area contributed by atoms with E-state index in [0.29, 0.717) is 31.7 Å². The average molecular weight is 331 g/mol. The van der Waals surface area contributed by atoms with Crippen molar-refractivity contribution in [1.82, 2.24) is 15.1 Å². The highest BCUT2D eigenvalue weighted by Crippen LogP contribution is 2.28. The van der Waals surface area contributed by atoms with Crippen LogP contribution in [-0.2, 0) is 11.3 Å². The molecular weight excluding hydrogens is 309 g/mol. The van der Waals surface area contributed by atoms with Crippen molar-refractivity contribution >= 4 is 5.91 Å². The summed E-state index contributed by atoms with van der Waals surface area (Å²) in [7, 11) is 0. The third-order valence-corrected chi connectivity index (χ3v) is 4.53. The molecule has 2 aromatic rings. The third kappa shape index (κ3) is 3.13. The molecule has 0 saturated heterocycles. The van der Waals surface area contributed by atoms with Crippen LogP contribution in [0.4, 0.5) is 4.39 Å². The van der Waals surface area contributed by atoms with Crippen molar-refractivity contribution in [2.45, 2.75) is 39.7 Å². The second-order valence-electron chi connectivity index (χ2n) is 6.34. The number of rotatable bonds is 3. The van der Waals surface area contributed by atoms with E-state index < -0.39 is 0 Å². The highest BCUT2D eigenvalue weighted by molar-refractivity contribution is 5.77. The number of hydrogen-bond acceptors (Lipinski definition) is 3. The van der Waals surface area contributed by atoms with E-state index in [1.54, 1.807) is 17.0 Å². The number of aromatic nitrogens is 2. The number of ether oxygens (including phenoxy) is 1. The van der Waals surface area contributed by atoms with Crippen molar-refractivity contribution in [2.75, 3.05) is 13.2 Å². The van der Waals surface area contributed by atoms with E-state index in [4.69, 9.17) is 4.74 Å². The second kappa shape index (κ2) is 6.63. The van der Waals surface area contributed by atoms with Gasteiger partial charge in [0, 0.05) is 24.2 Å². The lowest BCUT2D eigenvalue weighted by atomic mass is 9.95. The lowest BCUT2D eigenvalue weighted by molar-refractivity contribution is -0.132. The van der Waals surface area contributed by atoms with Crippen molar-refractivity contribution in [3.05, 3.63) is 46.5 Å². The lowest BCUT2D eigenvalue weighted by Gasteiger charge is -2.22. The summed E-state index contributed by atoms with van der Waals surface area (Å²) in [6.45, 7) is 7.08. The normalized spacial score (nSPS) is 15.4. The SMILES string of the molecule is Cc1n[nH]c(C)c1C(C)CC(=O)N1CCOc2c(F)cccc2C1. The Morgan fingerprint density at radius 2 is 2.25 bits per heavy atom. The molecule has 0 fully saturated rings. The molecule has 5 nitrogen and oxygen atoms in total. The molecule has 0 spiro atoms. The van der Waals surface area contributed by atoms with E-state index in [0.717, 1.165) is 17.0 Å². The van der Waals surface area contributed by atoms with E-state index in [2.05, 4.69) is 10.2 Å². The maximum atomic E-state index is 13.8. The van der Waals surface area contributed by atoms with Gasteiger partial charge in [0.1, 0.15) is 6.61 Å². The Balaban J connectivity index is 1.73. The van der Waals surface area contributed by atoms with Crippen LogP contribution in [0.25, 0.3) is 0 Å². The van der Waals surface area contributed by atoms with E-state index >= 15 is 0 Å². The fraction of sp³-hybridized carbons (Fsp3) is 0.444. The summed E-state index contributed by atoms with van der Waals surface area (Å²) in [6, 6.07) is 4.83. The molecule has 3 rings (SSSR count). The number of nitrogens with zero attached hydrogens (tertiary/aromatic N) is 2. The molecule has 1 aliphatic heterocycles. The first-order chi connectivity index (χ1) is 11.5. The zero-order chi connectivity index (χ0) is 17.3. The topological polar surface area (TPSA) is 58.2 Å². The Kier molecular flexibility index (Phi) is 4.55. The van der Waals surface area contributed by atoms with Crippen LogP contribution in [0.5, 0.6) is 5.75 Å².